The van der Waals surface area contributed by atoms with Crippen LogP contribution in [0, 0.1) is 0 Å². The van der Waals surface area contributed by atoms with Crippen molar-refractivity contribution in [2.75, 3.05) is 0 Å². The highest BCUT2D eigenvalue weighted by atomic mass is 32.2. The summed E-state index contributed by atoms with van der Waals surface area (Å²) in [6.45, 7) is 3.35. The quantitative estimate of drug-likeness (QED) is 0.586. The summed E-state index contributed by atoms with van der Waals surface area (Å²) in [5.41, 5.74) is 4.81. The van der Waals surface area contributed by atoms with E-state index in [1.807, 2.05) is 19.4 Å². The maximum absolute atomic E-state index is 12.3. The van der Waals surface area contributed by atoms with Gasteiger partial charge in [0.05, 0.1) is 28.2 Å². The lowest BCUT2D eigenvalue weighted by molar-refractivity contribution is 0.587. The second-order valence-corrected chi connectivity index (χ2v) is 9.18. The SMILES string of the molecule is CC(C)S(=O)(=O)c1ccc(-c2cnc3[nH]cc(-c4cnn(C)c4)c3n2)cc1. The minimum absolute atomic E-state index is 0.313. The largest absolute Gasteiger partial charge is 0.344 e. The summed E-state index contributed by atoms with van der Waals surface area (Å²) in [4.78, 5) is 12.6. The number of rotatable bonds is 4. The lowest BCUT2D eigenvalue weighted by Crippen LogP contribution is -2.13. The first-order chi connectivity index (χ1) is 12.9. The van der Waals surface area contributed by atoms with Gasteiger partial charge in [-0.3, -0.25) is 4.68 Å². The van der Waals surface area contributed by atoms with E-state index in [2.05, 4.69) is 15.1 Å². The molecule has 0 spiro atoms. The number of hydrogen-bond acceptors (Lipinski definition) is 5. The number of aromatic nitrogens is 5. The smallest absolute Gasteiger partial charge is 0.180 e. The second-order valence-electron chi connectivity index (χ2n) is 6.68. The van der Waals surface area contributed by atoms with Crippen LogP contribution in [0.4, 0.5) is 0 Å². The topological polar surface area (TPSA) is 93.5 Å². The Morgan fingerprint density at radius 1 is 1.07 bits per heavy atom. The second kappa shape index (κ2) is 6.31. The molecule has 0 aliphatic heterocycles. The molecule has 0 radical (unpaired) electrons. The zero-order valence-electron chi connectivity index (χ0n) is 15.2. The van der Waals surface area contributed by atoms with Crippen LogP contribution in [0.15, 0.2) is 53.9 Å². The van der Waals surface area contributed by atoms with Crippen LogP contribution in [-0.2, 0) is 16.9 Å². The van der Waals surface area contributed by atoms with E-state index in [9.17, 15) is 8.42 Å². The number of aromatic amines is 1. The van der Waals surface area contributed by atoms with Gasteiger partial charge in [0, 0.05) is 36.1 Å². The average Bonchev–Trinajstić information content (AvgIpc) is 3.27. The molecular formula is C19H19N5O2S. The van der Waals surface area contributed by atoms with E-state index in [4.69, 9.17) is 4.98 Å². The summed E-state index contributed by atoms with van der Waals surface area (Å²) in [7, 11) is -1.43. The Balaban J connectivity index is 1.76. The monoisotopic (exact) mass is 381 g/mol. The molecular weight excluding hydrogens is 362 g/mol. The molecule has 27 heavy (non-hydrogen) atoms. The van der Waals surface area contributed by atoms with Crippen LogP contribution in [0.1, 0.15) is 13.8 Å². The average molecular weight is 381 g/mol. The molecule has 4 aromatic rings. The van der Waals surface area contributed by atoms with Crippen molar-refractivity contribution in [2.45, 2.75) is 24.0 Å². The number of benzene rings is 1. The summed E-state index contributed by atoms with van der Waals surface area (Å²) < 4.78 is 26.3. The summed E-state index contributed by atoms with van der Waals surface area (Å²) in [6, 6.07) is 6.77. The third-order valence-corrected chi connectivity index (χ3v) is 6.67. The molecule has 0 bridgehead atoms. The van der Waals surface area contributed by atoms with Crippen molar-refractivity contribution in [3.63, 3.8) is 0 Å². The van der Waals surface area contributed by atoms with Crippen LogP contribution >= 0.6 is 0 Å². The van der Waals surface area contributed by atoms with Gasteiger partial charge in [0.2, 0.25) is 0 Å². The van der Waals surface area contributed by atoms with Crippen molar-refractivity contribution >= 4 is 21.0 Å². The molecule has 3 aromatic heterocycles. The number of H-pyrrole nitrogens is 1. The Bertz CT molecular complexity index is 1220. The van der Waals surface area contributed by atoms with Gasteiger partial charge in [0.15, 0.2) is 15.5 Å². The zero-order valence-corrected chi connectivity index (χ0v) is 16.0. The lowest BCUT2D eigenvalue weighted by Gasteiger charge is -2.08. The van der Waals surface area contributed by atoms with Crippen molar-refractivity contribution in [3.05, 3.63) is 49.1 Å². The normalized spacial score (nSPS) is 12.1. The molecule has 8 heteroatoms. The van der Waals surface area contributed by atoms with Gasteiger partial charge in [-0.2, -0.15) is 5.10 Å². The van der Waals surface area contributed by atoms with Gasteiger partial charge < -0.3 is 4.98 Å². The molecule has 0 atom stereocenters. The third-order valence-electron chi connectivity index (χ3n) is 4.50. The fourth-order valence-electron chi connectivity index (χ4n) is 2.90. The number of fused-ring (bicyclic) bond motifs is 1. The highest BCUT2D eigenvalue weighted by molar-refractivity contribution is 7.92. The zero-order chi connectivity index (χ0) is 19.2. The van der Waals surface area contributed by atoms with E-state index in [-0.39, 0.29) is 0 Å². The minimum Gasteiger partial charge on any atom is -0.344 e. The van der Waals surface area contributed by atoms with Crippen LogP contribution in [0.25, 0.3) is 33.5 Å². The third kappa shape index (κ3) is 3.02. The molecule has 0 unspecified atom stereocenters. The maximum Gasteiger partial charge on any atom is 0.180 e. The summed E-state index contributed by atoms with van der Waals surface area (Å²) in [5, 5.41) is 3.75. The van der Waals surface area contributed by atoms with Gasteiger partial charge >= 0.3 is 0 Å². The lowest BCUT2D eigenvalue weighted by atomic mass is 10.1. The predicted octanol–water partition coefficient (Wildman–Crippen LogP) is 3.21. The Kier molecular flexibility index (Phi) is 4.07. The highest BCUT2D eigenvalue weighted by Crippen LogP contribution is 2.28. The molecule has 0 saturated carbocycles. The molecule has 0 fully saturated rings. The molecule has 1 N–H and O–H groups in total. The Hall–Kier alpha value is -3.00. The van der Waals surface area contributed by atoms with E-state index in [1.165, 1.54) is 0 Å². The highest BCUT2D eigenvalue weighted by Gasteiger charge is 2.19. The van der Waals surface area contributed by atoms with Crippen LogP contribution in [0.5, 0.6) is 0 Å². The van der Waals surface area contributed by atoms with Gasteiger partial charge in [0.25, 0.3) is 0 Å². The Morgan fingerprint density at radius 2 is 1.81 bits per heavy atom. The number of sulfone groups is 1. The van der Waals surface area contributed by atoms with E-state index in [0.29, 0.717) is 16.2 Å². The van der Waals surface area contributed by atoms with E-state index in [0.717, 1.165) is 22.2 Å². The van der Waals surface area contributed by atoms with Crippen LogP contribution in [0.3, 0.4) is 0 Å². The Labute approximate surface area is 157 Å². The molecule has 1 aromatic carbocycles. The summed E-state index contributed by atoms with van der Waals surface area (Å²) >= 11 is 0. The standard InChI is InChI=1S/C19H19N5O2S/c1-12(2)27(25,26)15-6-4-13(5-7-15)17-10-21-19-18(23-17)16(9-20-19)14-8-22-24(3)11-14/h4-12H,1-3H3,(H,20,21). The van der Waals surface area contributed by atoms with Crippen LogP contribution in [0.2, 0.25) is 0 Å². The van der Waals surface area contributed by atoms with E-state index < -0.39 is 15.1 Å². The van der Waals surface area contributed by atoms with Crippen LogP contribution < -0.4 is 0 Å². The molecule has 138 valence electrons. The number of nitrogens with one attached hydrogen (secondary N) is 1. The fourth-order valence-corrected chi connectivity index (χ4v) is 3.96. The first-order valence-electron chi connectivity index (χ1n) is 8.54. The van der Waals surface area contributed by atoms with Crippen molar-refractivity contribution in [2.24, 2.45) is 7.05 Å². The molecule has 3 heterocycles. The van der Waals surface area contributed by atoms with Gasteiger partial charge in [-0.25, -0.2) is 18.4 Å². The molecule has 0 amide bonds. The number of nitrogens with zero attached hydrogens (tertiary/aromatic N) is 4. The van der Waals surface area contributed by atoms with Gasteiger partial charge in [-0.05, 0) is 26.0 Å². The molecule has 0 aliphatic carbocycles. The molecule has 4 rings (SSSR count). The fraction of sp³-hybridized carbons (Fsp3) is 0.211. The molecule has 7 nitrogen and oxygen atoms in total. The minimum atomic E-state index is -3.29. The summed E-state index contributed by atoms with van der Waals surface area (Å²) in [5.74, 6) is 0. The first kappa shape index (κ1) is 17.4. The van der Waals surface area contributed by atoms with Crippen molar-refractivity contribution in [3.8, 4) is 22.4 Å². The first-order valence-corrected chi connectivity index (χ1v) is 10.1. The van der Waals surface area contributed by atoms with Crippen LogP contribution in [-0.4, -0.2) is 38.4 Å². The van der Waals surface area contributed by atoms with E-state index in [1.54, 1.807) is 55.2 Å². The maximum atomic E-state index is 12.3. The van der Waals surface area contributed by atoms with Gasteiger partial charge in [-0.1, -0.05) is 12.1 Å². The summed E-state index contributed by atoms with van der Waals surface area (Å²) in [6.07, 6.45) is 7.24. The molecule has 0 aliphatic rings. The number of hydrogen-bond donors (Lipinski definition) is 1. The number of aryl methyl sites for hydroxylation is 1. The van der Waals surface area contributed by atoms with Crippen molar-refractivity contribution < 1.29 is 8.42 Å². The van der Waals surface area contributed by atoms with Gasteiger partial charge in [0.1, 0.15) is 5.52 Å². The predicted molar refractivity (Wildman–Crippen MR) is 104 cm³/mol. The van der Waals surface area contributed by atoms with Gasteiger partial charge in [-0.15, -0.1) is 0 Å². The van der Waals surface area contributed by atoms with E-state index >= 15 is 0 Å². The van der Waals surface area contributed by atoms with Crippen molar-refractivity contribution in [1.29, 1.82) is 0 Å². The molecule has 0 saturated heterocycles. The Morgan fingerprint density at radius 3 is 2.44 bits per heavy atom. The van der Waals surface area contributed by atoms with Crippen molar-refractivity contribution in [1.82, 2.24) is 24.7 Å².